The van der Waals surface area contributed by atoms with Gasteiger partial charge in [-0.3, -0.25) is 9.59 Å². The quantitative estimate of drug-likeness (QED) is 0.644. The normalized spacial score (nSPS) is 26.2. The third-order valence-corrected chi connectivity index (χ3v) is 3.47. The Morgan fingerprint density at radius 3 is 2.35 bits per heavy atom. The van der Waals surface area contributed by atoms with Crippen molar-refractivity contribution in [2.75, 3.05) is 0 Å². The predicted octanol–water partition coefficient (Wildman–Crippen LogP) is 0.274. The maximum absolute atomic E-state index is 11.6. The van der Waals surface area contributed by atoms with Crippen LogP contribution in [0.5, 0.6) is 0 Å². The fourth-order valence-corrected chi connectivity index (χ4v) is 2.19. The lowest BCUT2D eigenvalue weighted by molar-refractivity contribution is -0.123. The number of carbonyl (C=O) groups is 2. The van der Waals surface area contributed by atoms with Crippen LogP contribution < -0.4 is 16.8 Å². The fourth-order valence-electron chi connectivity index (χ4n) is 2.19. The van der Waals surface area contributed by atoms with Crippen molar-refractivity contribution in [3.05, 3.63) is 0 Å². The van der Waals surface area contributed by atoms with E-state index in [9.17, 15) is 9.59 Å². The van der Waals surface area contributed by atoms with Gasteiger partial charge in [-0.2, -0.15) is 0 Å². The molecular weight excluding hydrogens is 218 g/mol. The molecule has 0 spiro atoms. The van der Waals surface area contributed by atoms with Crippen LogP contribution in [-0.2, 0) is 9.59 Å². The lowest BCUT2D eigenvalue weighted by Crippen LogP contribution is -2.41. The summed E-state index contributed by atoms with van der Waals surface area (Å²) in [6, 6.07) is 0.124. The van der Waals surface area contributed by atoms with Gasteiger partial charge in [0.05, 0.1) is 0 Å². The van der Waals surface area contributed by atoms with Gasteiger partial charge in [-0.05, 0) is 32.1 Å². The number of rotatable bonds is 5. The van der Waals surface area contributed by atoms with E-state index in [2.05, 4.69) is 5.32 Å². The van der Waals surface area contributed by atoms with Gasteiger partial charge in [0, 0.05) is 24.4 Å². The summed E-state index contributed by atoms with van der Waals surface area (Å²) in [7, 11) is 0. The molecule has 0 aromatic heterocycles. The molecule has 0 aromatic rings. The summed E-state index contributed by atoms with van der Waals surface area (Å²) in [4.78, 5) is 22.6. The Kier molecular flexibility index (Phi) is 5.41. The Hall–Kier alpha value is -1.10. The maximum Gasteiger partial charge on any atom is 0.221 e. The number of amides is 2. The van der Waals surface area contributed by atoms with E-state index < -0.39 is 0 Å². The molecule has 1 unspecified atom stereocenters. The zero-order valence-electron chi connectivity index (χ0n) is 10.4. The Labute approximate surface area is 102 Å². The Balaban J connectivity index is 2.26. The molecule has 2 amide bonds. The van der Waals surface area contributed by atoms with E-state index in [0.717, 1.165) is 32.1 Å². The van der Waals surface area contributed by atoms with E-state index in [-0.39, 0.29) is 29.8 Å². The number of carbonyl (C=O) groups excluding carboxylic acids is 2. The largest absolute Gasteiger partial charge is 0.369 e. The van der Waals surface area contributed by atoms with Gasteiger partial charge < -0.3 is 16.8 Å². The standard InChI is InChI=1S/C12H23N3O2/c1-2-9(13)7-11(16)15-10-5-3-8(4-6-10)12(14)17/h8-10H,2-7,13H2,1H3,(H2,14,17)(H,15,16). The first kappa shape index (κ1) is 14.0. The highest BCUT2D eigenvalue weighted by Crippen LogP contribution is 2.23. The summed E-state index contributed by atoms with van der Waals surface area (Å²) in [6.07, 6.45) is 4.41. The van der Waals surface area contributed by atoms with Crippen molar-refractivity contribution in [2.24, 2.45) is 17.4 Å². The van der Waals surface area contributed by atoms with Gasteiger partial charge in [0.2, 0.25) is 11.8 Å². The molecule has 0 radical (unpaired) electrons. The molecule has 5 N–H and O–H groups in total. The highest BCUT2D eigenvalue weighted by molar-refractivity contribution is 5.77. The summed E-state index contributed by atoms with van der Waals surface area (Å²) in [5.41, 5.74) is 11.0. The fraction of sp³-hybridized carbons (Fsp3) is 0.833. The molecule has 5 nitrogen and oxygen atoms in total. The van der Waals surface area contributed by atoms with E-state index in [1.54, 1.807) is 0 Å². The second-order valence-electron chi connectivity index (χ2n) is 4.89. The molecule has 5 heteroatoms. The minimum absolute atomic E-state index is 0.0129. The maximum atomic E-state index is 11.6. The zero-order chi connectivity index (χ0) is 12.8. The number of primary amides is 1. The molecule has 1 saturated carbocycles. The molecule has 0 aliphatic heterocycles. The van der Waals surface area contributed by atoms with Gasteiger partial charge >= 0.3 is 0 Å². The third kappa shape index (κ3) is 4.73. The lowest BCUT2D eigenvalue weighted by Gasteiger charge is -2.27. The third-order valence-electron chi connectivity index (χ3n) is 3.47. The number of hydrogen-bond acceptors (Lipinski definition) is 3. The van der Waals surface area contributed by atoms with Crippen LogP contribution in [-0.4, -0.2) is 23.9 Å². The zero-order valence-corrected chi connectivity index (χ0v) is 10.4. The van der Waals surface area contributed by atoms with Crippen LogP contribution in [0.1, 0.15) is 45.4 Å². The van der Waals surface area contributed by atoms with Crippen molar-refractivity contribution in [2.45, 2.75) is 57.5 Å². The minimum atomic E-state index is -0.220. The Morgan fingerprint density at radius 1 is 1.29 bits per heavy atom. The van der Waals surface area contributed by atoms with Crippen molar-refractivity contribution >= 4 is 11.8 Å². The smallest absolute Gasteiger partial charge is 0.221 e. The average molecular weight is 241 g/mol. The van der Waals surface area contributed by atoms with Gasteiger partial charge in [0.1, 0.15) is 0 Å². The Bertz CT molecular complexity index is 273. The number of nitrogens with two attached hydrogens (primary N) is 2. The number of hydrogen-bond donors (Lipinski definition) is 3. The van der Waals surface area contributed by atoms with Crippen molar-refractivity contribution in [3.63, 3.8) is 0 Å². The van der Waals surface area contributed by atoms with Gasteiger partial charge in [-0.15, -0.1) is 0 Å². The van der Waals surface area contributed by atoms with Crippen LogP contribution >= 0.6 is 0 Å². The summed E-state index contributed by atoms with van der Waals surface area (Å²) in [5, 5.41) is 2.97. The molecular formula is C12H23N3O2. The first-order valence-corrected chi connectivity index (χ1v) is 6.37. The molecule has 0 heterocycles. The first-order valence-electron chi connectivity index (χ1n) is 6.37. The van der Waals surface area contributed by atoms with Crippen LogP contribution in [0.15, 0.2) is 0 Å². The molecule has 1 aliphatic rings. The topological polar surface area (TPSA) is 98.2 Å². The van der Waals surface area contributed by atoms with E-state index in [4.69, 9.17) is 11.5 Å². The predicted molar refractivity (Wildman–Crippen MR) is 66.0 cm³/mol. The van der Waals surface area contributed by atoms with E-state index >= 15 is 0 Å². The van der Waals surface area contributed by atoms with Crippen molar-refractivity contribution in [3.8, 4) is 0 Å². The minimum Gasteiger partial charge on any atom is -0.369 e. The Morgan fingerprint density at radius 2 is 1.88 bits per heavy atom. The molecule has 0 bridgehead atoms. The monoisotopic (exact) mass is 241 g/mol. The average Bonchev–Trinajstić information content (AvgIpc) is 2.29. The second kappa shape index (κ2) is 6.59. The van der Waals surface area contributed by atoms with Crippen LogP contribution in [0.4, 0.5) is 0 Å². The van der Waals surface area contributed by atoms with E-state index in [0.29, 0.717) is 6.42 Å². The summed E-state index contributed by atoms with van der Waals surface area (Å²) < 4.78 is 0. The van der Waals surface area contributed by atoms with E-state index in [1.165, 1.54) is 0 Å². The van der Waals surface area contributed by atoms with E-state index in [1.807, 2.05) is 6.92 Å². The SMILES string of the molecule is CCC(N)CC(=O)NC1CCC(C(N)=O)CC1. The molecule has 0 saturated heterocycles. The summed E-state index contributed by atoms with van der Waals surface area (Å²) in [6.45, 7) is 1.97. The van der Waals surface area contributed by atoms with Crippen molar-refractivity contribution in [1.29, 1.82) is 0 Å². The van der Waals surface area contributed by atoms with Crippen LogP contribution in [0.25, 0.3) is 0 Å². The molecule has 1 aliphatic carbocycles. The van der Waals surface area contributed by atoms with Gasteiger partial charge in [-0.1, -0.05) is 6.92 Å². The van der Waals surface area contributed by atoms with Crippen LogP contribution in [0, 0.1) is 5.92 Å². The highest BCUT2D eigenvalue weighted by Gasteiger charge is 2.25. The molecule has 98 valence electrons. The van der Waals surface area contributed by atoms with Crippen molar-refractivity contribution < 1.29 is 9.59 Å². The van der Waals surface area contributed by atoms with Gasteiger partial charge in [-0.25, -0.2) is 0 Å². The van der Waals surface area contributed by atoms with Gasteiger partial charge in [0.15, 0.2) is 0 Å². The molecule has 0 aromatic carbocycles. The van der Waals surface area contributed by atoms with Crippen LogP contribution in [0.2, 0.25) is 0 Å². The lowest BCUT2D eigenvalue weighted by atomic mass is 9.85. The number of nitrogens with one attached hydrogen (secondary N) is 1. The molecule has 1 fully saturated rings. The summed E-state index contributed by atoms with van der Waals surface area (Å²) >= 11 is 0. The molecule has 1 rings (SSSR count). The van der Waals surface area contributed by atoms with Gasteiger partial charge in [0.25, 0.3) is 0 Å². The van der Waals surface area contributed by atoms with Crippen molar-refractivity contribution in [1.82, 2.24) is 5.32 Å². The highest BCUT2D eigenvalue weighted by atomic mass is 16.2. The molecule has 17 heavy (non-hydrogen) atoms. The molecule has 1 atom stereocenters. The summed E-state index contributed by atoms with van der Waals surface area (Å²) in [5.74, 6) is -0.217. The first-order chi connectivity index (χ1) is 8.02. The second-order valence-corrected chi connectivity index (χ2v) is 4.89. The van der Waals surface area contributed by atoms with Crippen LogP contribution in [0.3, 0.4) is 0 Å².